The quantitative estimate of drug-likeness (QED) is 0.869. The van der Waals surface area contributed by atoms with Crippen molar-refractivity contribution in [3.8, 4) is 5.75 Å². The fourth-order valence-electron chi connectivity index (χ4n) is 5.38. The zero-order valence-corrected chi connectivity index (χ0v) is 13.0. The highest BCUT2D eigenvalue weighted by molar-refractivity contribution is 6.20. The van der Waals surface area contributed by atoms with Crippen molar-refractivity contribution in [1.29, 1.82) is 0 Å². The molecule has 116 valence electrons. The molecule has 0 spiro atoms. The van der Waals surface area contributed by atoms with Gasteiger partial charge >= 0.3 is 0 Å². The van der Waals surface area contributed by atoms with Gasteiger partial charge in [0.2, 0.25) is 5.91 Å². The van der Waals surface area contributed by atoms with E-state index in [1.54, 1.807) is 7.11 Å². The summed E-state index contributed by atoms with van der Waals surface area (Å²) >= 11 is 0. The van der Waals surface area contributed by atoms with Gasteiger partial charge in [-0.1, -0.05) is 23.8 Å². The molecule has 4 aliphatic rings. The van der Waals surface area contributed by atoms with E-state index in [2.05, 4.69) is 0 Å². The Hall–Kier alpha value is -1.77. The Labute approximate surface area is 131 Å². The number of benzene rings is 1. The summed E-state index contributed by atoms with van der Waals surface area (Å²) in [7, 11) is 1.65. The van der Waals surface area contributed by atoms with Gasteiger partial charge < -0.3 is 10.5 Å². The van der Waals surface area contributed by atoms with Crippen molar-refractivity contribution < 1.29 is 9.53 Å². The molecule has 4 saturated carbocycles. The Bertz CT molecular complexity index is 617. The molecule has 5 rings (SSSR count). The number of hydrogen-bond acceptors (Lipinski definition) is 2. The number of ether oxygens (including phenoxy) is 1. The van der Waals surface area contributed by atoms with Gasteiger partial charge in [-0.15, -0.1) is 0 Å². The Balaban J connectivity index is 1.87. The van der Waals surface area contributed by atoms with E-state index >= 15 is 0 Å². The molecule has 0 unspecified atom stereocenters. The van der Waals surface area contributed by atoms with Crippen molar-refractivity contribution in [2.24, 2.45) is 29.4 Å². The van der Waals surface area contributed by atoms with Crippen LogP contribution < -0.4 is 10.5 Å². The summed E-state index contributed by atoms with van der Waals surface area (Å²) in [4.78, 5) is 12.3. The lowest BCUT2D eigenvalue weighted by atomic mass is 9.53. The second-order valence-electron chi connectivity index (χ2n) is 7.20. The average Bonchev–Trinajstić information content (AvgIpc) is 2.50. The number of methoxy groups -OCH3 is 1. The number of hydrogen-bond donors (Lipinski definition) is 1. The average molecular weight is 297 g/mol. The first-order chi connectivity index (χ1) is 10.7. The van der Waals surface area contributed by atoms with Crippen molar-refractivity contribution in [2.45, 2.75) is 32.1 Å². The van der Waals surface area contributed by atoms with Crippen LogP contribution in [0.1, 0.15) is 37.7 Å². The number of allylic oxidation sites excluding steroid dienone is 1. The third-order valence-electron chi connectivity index (χ3n) is 5.93. The summed E-state index contributed by atoms with van der Waals surface area (Å²) in [6.45, 7) is 0. The van der Waals surface area contributed by atoms with Crippen LogP contribution >= 0.6 is 0 Å². The van der Waals surface area contributed by atoms with Crippen LogP contribution in [-0.4, -0.2) is 13.0 Å². The van der Waals surface area contributed by atoms with Crippen LogP contribution in [0.2, 0.25) is 0 Å². The minimum absolute atomic E-state index is 0.299. The molecule has 1 amide bonds. The molecule has 0 radical (unpaired) electrons. The zero-order chi connectivity index (χ0) is 15.3. The molecule has 4 aliphatic carbocycles. The second kappa shape index (κ2) is 5.15. The predicted molar refractivity (Wildman–Crippen MR) is 86.2 cm³/mol. The summed E-state index contributed by atoms with van der Waals surface area (Å²) in [5.74, 6) is 3.31. The van der Waals surface area contributed by atoms with Gasteiger partial charge in [0, 0.05) is 11.1 Å². The smallest absolute Gasteiger partial charge is 0.249 e. The molecule has 4 fully saturated rings. The lowest BCUT2D eigenvalue weighted by molar-refractivity contribution is -0.112. The summed E-state index contributed by atoms with van der Waals surface area (Å²) in [5, 5.41) is 0. The van der Waals surface area contributed by atoms with E-state index in [4.69, 9.17) is 10.5 Å². The van der Waals surface area contributed by atoms with Gasteiger partial charge in [0.25, 0.3) is 0 Å². The van der Waals surface area contributed by atoms with Crippen LogP contribution in [0.15, 0.2) is 29.8 Å². The molecular weight excluding hydrogens is 274 g/mol. The number of amides is 1. The molecule has 3 heteroatoms. The van der Waals surface area contributed by atoms with E-state index in [1.165, 1.54) is 37.7 Å². The van der Waals surface area contributed by atoms with Crippen LogP contribution in [-0.2, 0) is 4.79 Å². The number of rotatable bonds is 3. The van der Waals surface area contributed by atoms with Gasteiger partial charge in [-0.2, -0.15) is 0 Å². The highest BCUT2D eigenvalue weighted by Crippen LogP contribution is 2.58. The highest BCUT2D eigenvalue weighted by atomic mass is 16.5. The largest absolute Gasteiger partial charge is 0.496 e. The van der Waals surface area contributed by atoms with E-state index in [-0.39, 0.29) is 5.91 Å². The van der Waals surface area contributed by atoms with Crippen molar-refractivity contribution in [3.63, 3.8) is 0 Å². The molecule has 0 aromatic heterocycles. The predicted octanol–water partition coefficient (Wildman–Crippen LogP) is 3.39. The summed E-state index contributed by atoms with van der Waals surface area (Å²) in [6, 6.07) is 7.77. The molecule has 0 atom stereocenters. The lowest BCUT2D eigenvalue weighted by Gasteiger charge is -2.52. The summed E-state index contributed by atoms with van der Waals surface area (Å²) in [6.07, 6.45) is 6.38. The third kappa shape index (κ3) is 2.06. The SMILES string of the molecule is COc1ccccc1C(C(N)=O)=C1C2CC3CC(C2)CC1C3. The number of nitrogens with two attached hydrogens (primary N) is 1. The van der Waals surface area contributed by atoms with Crippen molar-refractivity contribution >= 4 is 11.5 Å². The second-order valence-corrected chi connectivity index (χ2v) is 7.20. The van der Waals surface area contributed by atoms with Crippen molar-refractivity contribution in [2.75, 3.05) is 7.11 Å². The van der Waals surface area contributed by atoms with Crippen molar-refractivity contribution in [3.05, 3.63) is 35.4 Å². The Morgan fingerprint density at radius 1 is 1.05 bits per heavy atom. The van der Waals surface area contributed by atoms with Crippen LogP contribution in [0.25, 0.3) is 5.57 Å². The van der Waals surface area contributed by atoms with E-state index in [0.717, 1.165) is 28.7 Å². The van der Waals surface area contributed by atoms with Crippen LogP contribution in [0.3, 0.4) is 0 Å². The fraction of sp³-hybridized carbons (Fsp3) is 0.526. The summed E-state index contributed by atoms with van der Waals surface area (Å²) in [5.41, 5.74) is 8.77. The maximum Gasteiger partial charge on any atom is 0.249 e. The van der Waals surface area contributed by atoms with E-state index in [1.807, 2.05) is 24.3 Å². The molecule has 2 N–H and O–H groups in total. The van der Waals surface area contributed by atoms with E-state index in [0.29, 0.717) is 11.8 Å². The first-order valence-corrected chi connectivity index (χ1v) is 8.34. The van der Waals surface area contributed by atoms with Gasteiger partial charge in [-0.05, 0) is 61.8 Å². The molecule has 0 saturated heterocycles. The molecular formula is C19H23NO2. The number of primary amides is 1. The Kier molecular flexibility index (Phi) is 3.24. The molecule has 4 bridgehead atoms. The maximum atomic E-state index is 12.3. The van der Waals surface area contributed by atoms with Gasteiger partial charge in [0.1, 0.15) is 5.75 Å². The minimum atomic E-state index is -0.299. The molecule has 3 nitrogen and oxygen atoms in total. The Morgan fingerprint density at radius 3 is 2.18 bits per heavy atom. The van der Waals surface area contributed by atoms with Gasteiger partial charge in [-0.3, -0.25) is 4.79 Å². The third-order valence-corrected chi connectivity index (χ3v) is 5.93. The molecule has 0 aliphatic heterocycles. The first-order valence-electron chi connectivity index (χ1n) is 8.34. The number of para-hydroxylation sites is 1. The minimum Gasteiger partial charge on any atom is -0.496 e. The van der Waals surface area contributed by atoms with Crippen LogP contribution in [0.4, 0.5) is 0 Å². The normalized spacial score (nSPS) is 32.1. The van der Waals surface area contributed by atoms with E-state index in [9.17, 15) is 4.79 Å². The van der Waals surface area contributed by atoms with Crippen LogP contribution in [0, 0.1) is 23.7 Å². The monoisotopic (exact) mass is 297 g/mol. The summed E-state index contributed by atoms with van der Waals surface area (Å²) < 4.78 is 5.48. The Morgan fingerprint density at radius 2 is 1.64 bits per heavy atom. The molecule has 1 aromatic carbocycles. The zero-order valence-electron chi connectivity index (χ0n) is 13.0. The number of carbonyl (C=O) groups is 1. The first kappa shape index (κ1) is 13.9. The lowest BCUT2D eigenvalue weighted by Crippen LogP contribution is -2.41. The van der Waals surface area contributed by atoms with Gasteiger partial charge in [0.05, 0.1) is 7.11 Å². The molecule has 1 aromatic rings. The van der Waals surface area contributed by atoms with Crippen molar-refractivity contribution in [1.82, 2.24) is 0 Å². The van der Waals surface area contributed by atoms with E-state index < -0.39 is 0 Å². The van der Waals surface area contributed by atoms with Gasteiger partial charge in [0.15, 0.2) is 0 Å². The standard InChI is InChI=1S/C19H23NO2/c1-22-16-5-3-2-4-15(16)18(19(20)21)17-13-7-11-6-12(9-13)10-14(17)8-11/h2-5,11-14H,6-10H2,1H3,(H2,20,21). The highest BCUT2D eigenvalue weighted by Gasteiger charge is 2.46. The molecule has 22 heavy (non-hydrogen) atoms. The number of carbonyl (C=O) groups excluding carboxylic acids is 1. The fourth-order valence-corrected chi connectivity index (χ4v) is 5.38. The maximum absolute atomic E-state index is 12.3. The molecule has 0 heterocycles. The van der Waals surface area contributed by atoms with Crippen LogP contribution in [0.5, 0.6) is 5.75 Å². The topological polar surface area (TPSA) is 52.3 Å². The van der Waals surface area contributed by atoms with Gasteiger partial charge in [-0.25, -0.2) is 0 Å².